The number of aryl methyl sites for hydroxylation is 1. The van der Waals surface area contributed by atoms with Crippen LogP contribution in [0.25, 0.3) is 21.9 Å². The van der Waals surface area contributed by atoms with Gasteiger partial charge in [0.15, 0.2) is 0 Å². The molecule has 98 valence electrons. The molecule has 3 rings (SSSR count). The standard InChI is InChI=1S/C17H15BO2/c1-12-10-16(18(19)20)8-9-17(12)15-7-6-13-4-2-3-5-14(13)11-15/h2-11,19-20H,1H3. The lowest BCUT2D eigenvalue weighted by Gasteiger charge is -2.09. The zero-order valence-corrected chi connectivity index (χ0v) is 11.2. The Morgan fingerprint density at radius 1 is 0.800 bits per heavy atom. The fourth-order valence-corrected chi connectivity index (χ4v) is 2.53. The van der Waals surface area contributed by atoms with Gasteiger partial charge in [-0.3, -0.25) is 0 Å². The fraction of sp³-hybridized carbons (Fsp3) is 0.0588. The molecule has 20 heavy (non-hydrogen) atoms. The lowest BCUT2D eigenvalue weighted by atomic mass is 9.78. The summed E-state index contributed by atoms with van der Waals surface area (Å²) in [5, 5.41) is 20.8. The minimum Gasteiger partial charge on any atom is -0.423 e. The summed E-state index contributed by atoms with van der Waals surface area (Å²) >= 11 is 0. The van der Waals surface area contributed by atoms with Gasteiger partial charge in [0, 0.05) is 0 Å². The van der Waals surface area contributed by atoms with Crippen molar-refractivity contribution in [2.75, 3.05) is 0 Å². The molecule has 0 saturated carbocycles. The quantitative estimate of drug-likeness (QED) is 0.696. The topological polar surface area (TPSA) is 40.5 Å². The molecule has 0 atom stereocenters. The molecule has 2 N–H and O–H groups in total. The monoisotopic (exact) mass is 262 g/mol. The van der Waals surface area contributed by atoms with E-state index in [1.54, 1.807) is 6.07 Å². The maximum atomic E-state index is 9.21. The fourth-order valence-electron chi connectivity index (χ4n) is 2.53. The molecule has 2 nitrogen and oxygen atoms in total. The number of benzene rings is 3. The molecule has 0 amide bonds. The highest BCUT2D eigenvalue weighted by Crippen LogP contribution is 2.26. The molecule has 0 aliphatic heterocycles. The van der Waals surface area contributed by atoms with Crippen LogP contribution in [0.4, 0.5) is 0 Å². The summed E-state index contributed by atoms with van der Waals surface area (Å²) in [7, 11) is -1.42. The van der Waals surface area contributed by atoms with Crippen molar-refractivity contribution >= 4 is 23.4 Å². The highest BCUT2D eigenvalue weighted by atomic mass is 16.4. The van der Waals surface area contributed by atoms with Gasteiger partial charge >= 0.3 is 7.12 Å². The number of fused-ring (bicyclic) bond motifs is 1. The maximum Gasteiger partial charge on any atom is 0.488 e. The predicted octanol–water partition coefficient (Wildman–Crippen LogP) is 2.50. The predicted molar refractivity (Wildman–Crippen MR) is 83.9 cm³/mol. The van der Waals surface area contributed by atoms with Crippen LogP contribution in [0.5, 0.6) is 0 Å². The van der Waals surface area contributed by atoms with Crippen molar-refractivity contribution in [3.63, 3.8) is 0 Å². The molecule has 0 aliphatic rings. The molecule has 0 bridgehead atoms. The maximum absolute atomic E-state index is 9.21. The molecular weight excluding hydrogens is 247 g/mol. The van der Waals surface area contributed by atoms with Gasteiger partial charge in [-0.1, -0.05) is 54.6 Å². The molecular formula is C17H15BO2. The summed E-state index contributed by atoms with van der Waals surface area (Å²) in [6, 6.07) is 20.1. The van der Waals surface area contributed by atoms with E-state index in [-0.39, 0.29) is 0 Å². The normalized spacial score (nSPS) is 10.8. The molecule has 0 spiro atoms. The Kier molecular flexibility index (Phi) is 3.31. The van der Waals surface area contributed by atoms with Crippen LogP contribution < -0.4 is 5.46 Å². The Labute approximate surface area is 118 Å². The second-order valence-corrected chi connectivity index (χ2v) is 5.01. The summed E-state index contributed by atoms with van der Waals surface area (Å²) in [5.41, 5.74) is 3.80. The van der Waals surface area contributed by atoms with E-state index >= 15 is 0 Å². The Hall–Kier alpha value is -2.10. The molecule has 3 aromatic rings. The second-order valence-electron chi connectivity index (χ2n) is 5.01. The van der Waals surface area contributed by atoms with E-state index in [9.17, 15) is 10.0 Å². The summed E-state index contributed by atoms with van der Waals surface area (Å²) < 4.78 is 0. The molecule has 0 radical (unpaired) electrons. The van der Waals surface area contributed by atoms with Crippen molar-refractivity contribution in [2.45, 2.75) is 6.92 Å². The van der Waals surface area contributed by atoms with Crippen LogP contribution in [-0.4, -0.2) is 17.2 Å². The van der Waals surface area contributed by atoms with E-state index in [1.807, 2.05) is 31.2 Å². The van der Waals surface area contributed by atoms with Gasteiger partial charge in [0.1, 0.15) is 0 Å². The van der Waals surface area contributed by atoms with Gasteiger partial charge in [-0.05, 0) is 45.9 Å². The molecule has 0 unspecified atom stereocenters. The third-order valence-corrected chi connectivity index (χ3v) is 3.61. The SMILES string of the molecule is Cc1cc(B(O)O)ccc1-c1ccc2ccccc2c1. The first kappa shape index (κ1) is 12.9. The average molecular weight is 262 g/mol. The number of hydrogen-bond donors (Lipinski definition) is 2. The summed E-state index contributed by atoms with van der Waals surface area (Å²) in [6.45, 7) is 1.98. The lowest BCUT2D eigenvalue weighted by Crippen LogP contribution is -2.29. The van der Waals surface area contributed by atoms with Gasteiger partial charge < -0.3 is 10.0 Å². The zero-order chi connectivity index (χ0) is 14.1. The third kappa shape index (κ3) is 2.33. The highest BCUT2D eigenvalue weighted by Gasteiger charge is 2.12. The van der Waals surface area contributed by atoms with Crippen LogP contribution in [0.15, 0.2) is 60.7 Å². The summed E-state index contributed by atoms with van der Waals surface area (Å²) in [5.74, 6) is 0. The van der Waals surface area contributed by atoms with Crippen LogP contribution in [0, 0.1) is 6.92 Å². The first-order valence-corrected chi connectivity index (χ1v) is 6.61. The van der Waals surface area contributed by atoms with Crippen molar-refractivity contribution in [1.82, 2.24) is 0 Å². The molecule has 3 aromatic carbocycles. The third-order valence-electron chi connectivity index (χ3n) is 3.61. The van der Waals surface area contributed by atoms with E-state index in [0.29, 0.717) is 5.46 Å². The Balaban J connectivity index is 2.10. The molecule has 0 saturated heterocycles. The average Bonchev–Trinajstić information content (AvgIpc) is 2.46. The van der Waals surface area contributed by atoms with Crippen molar-refractivity contribution < 1.29 is 10.0 Å². The van der Waals surface area contributed by atoms with Gasteiger partial charge in [0.25, 0.3) is 0 Å². The Morgan fingerprint density at radius 3 is 2.25 bits per heavy atom. The van der Waals surface area contributed by atoms with E-state index in [1.165, 1.54) is 10.8 Å². The van der Waals surface area contributed by atoms with Gasteiger partial charge in [-0.15, -0.1) is 0 Å². The van der Waals surface area contributed by atoms with Crippen molar-refractivity contribution in [3.05, 3.63) is 66.2 Å². The highest BCUT2D eigenvalue weighted by molar-refractivity contribution is 6.58. The van der Waals surface area contributed by atoms with E-state index < -0.39 is 7.12 Å². The Morgan fingerprint density at radius 2 is 1.55 bits per heavy atom. The molecule has 0 aromatic heterocycles. The van der Waals surface area contributed by atoms with E-state index in [2.05, 4.69) is 30.3 Å². The largest absolute Gasteiger partial charge is 0.488 e. The van der Waals surface area contributed by atoms with E-state index in [4.69, 9.17) is 0 Å². The number of rotatable bonds is 2. The lowest BCUT2D eigenvalue weighted by molar-refractivity contribution is 0.426. The minimum atomic E-state index is -1.42. The van der Waals surface area contributed by atoms with Crippen molar-refractivity contribution in [3.8, 4) is 11.1 Å². The van der Waals surface area contributed by atoms with Gasteiger partial charge in [-0.2, -0.15) is 0 Å². The number of hydrogen-bond acceptors (Lipinski definition) is 2. The van der Waals surface area contributed by atoms with Gasteiger partial charge in [0.2, 0.25) is 0 Å². The van der Waals surface area contributed by atoms with Crippen LogP contribution in [0.1, 0.15) is 5.56 Å². The molecule has 0 fully saturated rings. The van der Waals surface area contributed by atoms with Crippen LogP contribution in [0.2, 0.25) is 0 Å². The summed E-state index contributed by atoms with van der Waals surface area (Å²) in [4.78, 5) is 0. The van der Waals surface area contributed by atoms with Crippen LogP contribution >= 0.6 is 0 Å². The van der Waals surface area contributed by atoms with E-state index in [0.717, 1.165) is 16.7 Å². The van der Waals surface area contributed by atoms with Gasteiger partial charge in [0.05, 0.1) is 0 Å². The molecule has 0 heterocycles. The first-order chi connectivity index (χ1) is 9.65. The van der Waals surface area contributed by atoms with Gasteiger partial charge in [-0.25, -0.2) is 0 Å². The Bertz CT molecular complexity index is 766. The molecule has 0 aliphatic carbocycles. The second kappa shape index (κ2) is 5.12. The summed E-state index contributed by atoms with van der Waals surface area (Å²) in [6.07, 6.45) is 0. The first-order valence-electron chi connectivity index (χ1n) is 6.61. The zero-order valence-electron chi connectivity index (χ0n) is 11.2. The van der Waals surface area contributed by atoms with Crippen LogP contribution in [0.3, 0.4) is 0 Å². The van der Waals surface area contributed by atoms with Crippen molar-refractivity contribution in [1.29, 1.82) is 0 Å². The van der Waals surface area contributed by atoms with Crippen molar-refractivity contribution in [2.24, 2.45) is 0 Å². The molecule has 3 heteroatoms. The minimum absolute atomic E-state index is 0.520. The smallest absolute Gasteiger partial charge is 0.423 e. The van der Waals surface area contributed by atoms with Crippen LogP contribution in [-0.2, 0) is 0 Å².